The van der Waals surface area contributed by atoms with Crippen LogP contribution in [0.2, 0.25) is 0 Å². The molecule has 3 aromatic rings. The standard InChI is InChI=1S/C20H13N3O3S2/c1-23-15-4-2-3-5-17(15)28-19(23)13(9-21)16(24)10-26-20(25)12-6-7-14-18(8-12)27-11-22-14/h2-8,11H,10H2,1H3/b19-13-. The Morgan fingerprint density at radius 2 is 2.07 bits per heavy atom. The van der Waals surface area contributed by atoms with Crippen LogP contribution in [0.15, 0.2) is 63.5 Å². The number of benzene rings is 2. The summed E-state index contributed by atoms with van der Waals surface area (Å²) in [5.74, 6) is -1.14. The second-order valence-electron chi connectivity index (χ2n) is 5.95. The number of carbonyl (C=O) groups is 2. The average Bonchev–Trinajstić information content (AvgIpc) is 3.31. The van der Waals surface area contributed by atoms with Crippen LogP contribution in [0, 0.1) is 11.3 Å². The topological polar surface area (TPSA) is 83.3 Å². The fourth-order valence-corrected chi connectivity index (χ4v) is 4.70. The zero-order valence-electron chi connectivity index (χ0n) is 14.7. The summed E-state index contributed by atoms with van der Waals surface area (Å²) in [6.07, 6.45) is 0. The highest BCUT2D eigenvalue weighted by Crippen LogP contribution is 2.46. The van der Waals surface area contributed by atoms with Crippen LogP contribution in [0.1, 0.15) is 10.4 Å². The zero-order valence-corrected chi connectivity index (χ0v) is 16.3. The number of fused-ring (bicyclic) bond motifs is 2. The second kappa shape index (κ2) is 7.46. The van der Waals surface area contributed by atoms with Crippen molar-refractivity contribution >= 4 is 50.8 Å². The first-order valence-corrected chi connectivity index (χ1v) is 9.96. The molecule has 0 saturated carbocycles. The molecule has 0 bridgehead atoms. The Balaban J connectivity index is 1.49. The summed E-state index contributed by atoms with van der Waals surface area (Å²) in [5, 5.41) is 10.1. The van der Waals surface area contributed by atoms with Crippen molar-refractivity contribution in [2.24, 2.45) is 0 Å². The smallest absolute Gasteiger partial charge is 0.338 e. The van der Waals surface area contributed by atoms with E-state index >= 15 is 0 Å². The lowest BCUT2D eigenvalue weighted by molar-refractivity contribution is -0.118. The molecule has 2 aromatic carbocycles. The van der Waals surface area contributed by atoms with E-state index in [1.54, 1.807) is 35.7 Å². The average molecular weight is 407 g/mol. The van der Waals surface area contributed by atoms with Crippen molar-refractivity contribution in [3.8, 4) is 6.07 Å². The number of hydrogen-bond acceptors (Lipinski definition) is 8. The number of ketones is 1. The maximum absolute atomic E-state index is 12.6. The van der Waals surface area contributed by atoms with Gasteiger partial charge in [0.25, 0.3) is 0 Å². The number of nitriles is 1. The van der Waals surface area contributed by atoms with Gasteiger partial charge < -0.3 is 9.64 Å². The quantitative estimate of drug-likeness (QED) is 0.367. The predicted octanol–water partition coefficient (Wildman–Crippen LogP) is 4.00. The number of aromatic nitrogens is 1. The minimum atomic E-state index is -0.610. The van der Waals surface area contributed by atoms with Crippen molar-refractivity contribution in [2.75, 3.05) is 18.6 Å². The van der Waals surface area contributed by atoms with Crippen molar-refractivity contribution in [2.45, 2.75) is 4.90 Å². The van der Waals surface area contributed by atoms with Gasteiger partial charge >= 0.3 is 5.97 Å². The molecule has 0 saturated heterocycles. The Morgan fingerprint density at radius 3 is 2.86 bits per heavy atom. The van der Waals surface area contributed by atoms with Crippen molar-refractivity contribution < 1.29 is 14.3 Å². The minimum Gasteiger partial charge on any atom is -0.454 e. The van der Waals surface area contributed by atoms with Crippen LogP contribution in [0.5, 0.6) is 0 Å². The van der Waals surface area contributed by atoms with E-state index in [1.807, 2.05) is 30.3 Å². The number of ether oxygens (including phenoxy) is 1. The number of para-hydroxylation sites is 1. The first-order chi connectivity index (χ1) is 13.6. The Hall–Kier alpha value is -3.15. The van der Waals surface area contributed by atoms with Crippen LogP contribution in [-0.4, -0.2) is 30.4 Å². The molecule has 1 aromatic heterocycles. The first-order valence-electron chi connectivity index (χ1n) is 8.27. The fraction of sp³-hybridized carbons (Fsp3) is 0.100. The largest absolute Gasteiger partial charge is 0.454 e. The van der Waals surface area contributed by atoms with E-state index in [1.165, 1.54) is 23.1 Å². The summed E-state index contributed by atoms with van der Waals surface area (Å²) in [6.45, 7) is -0.489. The maximum Gasteiger partial charge on any atom is 0.338 e. The molecule has 138 valence electrons. The van der Waals surface area contributed by atoms with Gasteiger partial charge in [0, 0.05) is 11.9 Å². The molecule has 0 atom stereocenters. The second-order valence-corrected chi connectivity index (χ2v) is 7.87. The summed E-state index contributed by atoms with van der Waals surface area (Å²) in [7, 11) is 1.80. The molecular weight excluding hydrogens is 394 g/mol. The van der Waals surface area contributed by atoms with Gasteiger partial charge in [-0.15, -0.1) is 11.3 Å². The van der Waals surface area contributed by atoms with Crippen LogP contribution in [0.25, 0.3) is 10.2 Å². The van der Waals surface area contributed by atoms with Gasteiger partial charge in [0.05, 0.1) is 27.0 Å². The third-order valence-corrected chi connectivity index (χ3v) is 6.27. The van der Waals surface area contributed by atoms with E-state index in [2.05, 4.69) is 4.98 Å². The minimum absolute atomic E-state index is 0.0191. The molecule has 0 aliphatic carbocycles. The maximum atomic E-state index is 12.6. The van der Waals surface area contributed by atoms with E-state index in [9.17, 15) is 14.9 Å². The van der Waals surface area contributed by atoms with Crippen LogP contribution in [-0.2, 0) is 9.53 Å². The van der Waals surface area contributed by atoms with E-state index in [4.69, 9.17) is 4.74 Å². The van der Waals surface area contributed by atoms with Gasteiger partial charge in [-0.25, -0.2) is 9.78 Å². The van der Waals surface area contributed by atoms with Gasteiger partial charge in [-0.3, -0.25) is 4.79 Å². The number of rotatable bonds is 4. The Kier molecular flexibility index (Phi) is 4.86. The van der Waals surface area contributed by atoms with Crippen LogP contribution < -0.4 is 4.90 Å². The molecule has 1 aliphatic heterocycles. The van der Waals surface area contributed by atoms with E-state index in [0.717, 1.165) is 20.8 Å². The fourth-order valence-electron chi connectivity index (χ4n) is 2.82. The lowest BCUT2D eigenvalue weighted by Gasteiger charge is -2.14. The van der Waals surface area contributed by atoms with Gasteiger partial charge in [-0.1, -0.05) is 23.9 Å². The van der Waals surface area contributed by atoms with Crippen molar-refractivity contribution in [3.63, 3.8) is 0 Å². The van der Waals surface area contributed by atoms with Crippen LogP contribution in [0.3, 0.4) is 0 Å². The number of Topliss-reactive ketones (excluding diaryl/α,β-unsaturated/α-hetero) is 1. The summed E-state index contributed by atoms with van der Waals surface area (Å²) in [5.41, 5.74) is 3.75. The van der Waals surface area contributed by atoms with Crippen molar-refractivity contribution in [3.05, 3.63) is 64.1 Å². The number of carbonyl (C=O) groups excluding carboxylic acids is 2. The normalized spacial score (nSPS) is 14.5. The first kappa shape index (κ1) is 18.2. The number of thioether (sulfide) groups is 1. The van der Waals surface area contributed by atoms with Crippen LogP contribution in [0.4, 0.5) is 5.69 Å². The highest BCUT2D eigenvalue weighted by molar-refractivity contribution is 8.03. The number of hydrogen-bond donors (Lipinski definition) is 0. The predicted molar refractivity (Wildman–Crippen MR) is 108 cm³/mol. The van der Waals surface area contributed by atoms with Gasteiger partial charge in [-0.05, 0) is 30.3 Å². The molecule has 0 N–H and O–H groups in total. The molecule has 1 aliphatic rings. The molecule has 2 heterocycles. The molecule has 0 radical (unpaired) electrons. The van der Waals surface area contributed by atoms with Gasteiger partial charge in [0.2, 0.25) is 5.78 Å². The lowest BCUT2D eigenvalue weighted by Crippen LogP contribution is -2.20. The summed E-state index contributed by atoms with van der Waals surface area (Å²) >= 11 is 2.77. The molecule has 8 heteroatoms. The Bertz CT molecular complexity index is 1180. The molecule has 0 fully saturated rings. The van der Waals surface area contributed by atoms with Gasteiger partial charge in [-0.2, -0.15) is 5.26 Å². The molecule has 6 nitrogen and oxygen atoms in total. The monoisotopic (exact) mass is 407 g/mol. The number of thiazole rings is 1. The third kappa shape index (κ3) is 3.26. The molecule has 0 unspecified atom stereocenters. The summed E-state index contributed by atoms with van der Waals surface area (Å²) < 4.78 is 6.02. The van der Waals surface area contributed by atoms with Crippen molar-refractivity contribution in [1.82, 2.24) is 4.98 Å². The number of nitrogens with zero attached hydrogens (tertiary/aromatic N) is 3. The molecular formula is C20H13N3O3S2. The number of esters is 1. The van der Waals surface area contributed by atoms with E-state index in [-0.39, 0.29) is 5.57 Å². The molecule has 4 rings (SSSR count). The number of anilines is 1. The lowest BCUT2D eigenvalue weighted by atomic mass is 10.2. The van der Waals surface area contributed by atoms with E-state index in [0.29, 0.717) is 10.6 Å². The van der Waals surface area contributed by atoms with E-state index < -0.39 is 18.4 Å². The zero-order chi connectivity index (χ0) is 19.7. The third-order valence-electron chi connectivity index (χ3n) is 4.24. The van der Waals surface area contributed by atoms with Crippen molar-refractivity contribution in [1.29, 1.82) is 5.26 Å². The highest BCUT2D eigenvalue weighted by Gasteiger charge is 2.28. The molecule has 0 spiro atoms. The molecule has 28 heavy (non-hydrogen) atoms. The van der Waals surface area contributed by atoms with Gasteiger partial charge in [0.15, 0.2) is 6.61 Å². The summed E-state index contributed by atoms with van der Waals surface area (Å²) in [6, 6.07) is 14.6. The summed E-state index contributed by atoms with van der Waals surface area (Å²) in [4.78, 5) is 31.8. The Morgan fingerprint density at radius 1 is 1.25 bits per heavy atom. The Labute approximate surface area is 169 Å². The highest BCUT2D eigenvalue weighted by atomic mass is 32.2. The van der Waals surface area contributed by atoms with Crippen LogP contribution >= 0.6 is 23.1 Å². The van der Waals surface area contributed by atoms with Gasteiger partial charge in [0.1, 0.15) is 16.7 Å². The SMILES string of the molecule is CN1/C(=C(\C#N)C(=O)COC(=O)c2ccc3ncsc3c2)Sc2ccccc21. The molecule has 0 amide bonds.